The zero-order valence-corrected chi connectivity index (χ0v) is 37.2. The maximum atomic E-state index is 4.42. The van der Waals surface area contributed by atoms with Crippen LogP contribution in [0.25, 0.3) is 55.9 Å². The third-order valence-corrected chi connectivity index (χ3v) is 9.45. The van der Waals surface area contributed by atoms with Gasteiger partial charge in [0.25, 0.3) is 0 Å². The van der Waals surface area contributed by atoms with E-state index in [9.17, 15) is 0 Å². The Kier molecular flexibility index (Phi) is 17.6. The van der Waals surface area contributed by atoms with Crippen LogP contribution in [-0.2, 0) is 0 Å². The summed E-state index contributed by atoms with van der Waals surface area (Å²) >= 11 is 0. The summed E-state index contributed by atoms with van der Waals surface area (Å²) in [6, 6.07) is 40.1. The van der Waals surface area contributed by atoms with Crippen LogP contribution in [0, 0.1) is 34.6 Å². The first kappa shape index (κ1) is 46.0. The van der Waals surface area contributed by atoms with Crippen LogP contribution < -0.4 is 0 Å². The van der Waals surface area contributed by atoms with Gasteiger partial charge in [-0.05, 0) is 177 Å². The highest BCUT2D eigenvalue weighted by molar-refractivity contribution is 5.64. The van der Waals surface area contributed by atoms with E-state index >= 15 is 0 Å². The Morgan fingerprint density at radius 2 is 0.754 bits per heavy atom. The molecule has 0 spiro atoms. The van der Waals surface area contributed by atoms with Gasteiger partial charge in [0.05, 0.1) is 11.4 Å². The fourth-order valence-electron chi connectivity index (χ4n) is 6.23. The number of hydrogen-bond donors (Lipinski definition) is 0. The highest BCUT2D eigenvalue weighted by Crippen LogP contribution is 2.20. The first-order chi connectivity index (χ1) is 31.8. The molecule has 10 heteroatoms. The van der Waals surface area contributed by atoms with Gasteiger partial charge in [-0.3, -0.25) is 49.8 Å². The lowest BCUT2D eigenvalue weighted by molar-refractivity contribution is 1.20. The summed E-state index contributed by atoms with van der Waals surface area (Å²) in [7, 11) is 0. The van der Waals surface area contributed by atoms with Crippen LogP contribution in [0.4, 0.5) is 0 Å². The minimum Gasteiger partial charge on any atom is -0.265 e. The molecule has 0 aliphatic heterocycles. The number of aromatic nitrogens is 10. The van der Waals surface area contributed by atoms with E-state index in [0.29, 0.717) is 0 Å². The van der Waals surface area contributed by atoms with Crippen molar-refractivity contribution >= 4 is 0 Å². The number of nitrogens with zero attached hydrogens (tertiary/aromatic N) is 10. The molecule has 0 unspecified atom stereocenters. The molecule has 10 rings (SSSR count). The van der Waals surface area contributed by atoms with Gasteiger partial charge in [0, 0.05) is 132 Å². The molecule has 0 saturated heterocycles. The van der Waals surface area contributed by atoms with E-state index in [4.69, 9.17) is 0 Å². The monoisotopic (exact) mass is 850 g/mol. The van der Waals surface area contributed by atoms with Crippen LogP contribution in [0.2, 0.25) is 0 Å². The first-order valence-corrected chi connectivity index (χ1v) is 21.0. The molecular weight excluding hydrogens is 801 g/mol. The maximum absolute atomic E-state index is 4.42. The summed E-state index contributed by atoms with van der Waals surface area (Å²) in [5.74, 6) is 0. The van der Waals surface area contributed by atoms with Crippen LogP contribution in [0.3, 0.4) is 0 Å². The summed E-state index contributed by atoms with van der Waals surface area (Å²) in [6.07, 6.45) is 27.1. The van der Waals surface area contributed by atoms with E-state index in [1.807, 2.05) is 162 Å². The van der Waals surface area contributed by atoms with Crippen molar-refractivity contribution in [1.29, 1.82) is 0 Å². The van der Waals surface area contributed by atoms with E-state index in [1.54, 1.807) is 55.8 Å². The van der Waals surface area contributed by atoms with E-state index in [0.717, 1.165) is 56.3 Å². The van der Waals surface area contributed by atoms with Gasteiger partial charge in [-0.15, -0.1) is 0 Å². The van der Waals surface area contributed by atoms with E-state index in [1.165, 1.54) is 27.8 Å². The third kappa shape index (κ3) is 15.4. The Morgan fingerprint density at radius 3 is 1.26 bits per heavy atom. The Labute approximate surface area is 381 Å². The van der Waals surface area contributed by atoms with Crippen molar-refractivity contribution in [1.82, 2.24) is 49.8 Å². The molecule has 10 aromatic rings. The number of aryl methyl sites for hydroxylation is 5. The van der Waals surface area contributed by atoms with Gasteiger partial charge in [0.15, 0.2) is 0 Å². The van der Waals surface area contributed by atoms with Crippen molar-refractivity contribution in [2.45, 2.75) is 34.6 Å². The Bertz CT molecular complexity index is 2450. The van der Waals surface area contributed by atoms with Gasteiger partial charge < -0.3 is 0 Å². The smallest absolute Gasteiger partial charge is 0.0706 e. The van der Waals surface area contributed by atoms with Gasteiger partial charge in [-0.25, -0.2) is 0 Å². The molecule has 0 aliphatic carbocycles. The van der Waals surface area contributed by atoms with E-state index in [-0.39, 0.29) is 0 Å². The molecule has 10 aromatic heterocycles. The second kappa shape index (κ2) is 24.8. The molecule has 65 heavy (non-hydrogen) atoms. The average molecular weight is 851 g/mol. The standard InChI is InChI=1S/5C11H10N2/c1-9-2-7-13-11(8-9)10-3-5-12-6-4-10;1-9-8-11(4-7-13-9)10-2-5-12-6-3-10;1-9-6-11(8-13-7-9)10-2-4-12-5-3-10;1-9-7-10(4-6-13-9)11-3-2-5-12-8-11;1-9-3-2-4-11(13-9)10-5-7-12-8-6-10/h5*2-8H,1H3. The molecule has 0 aliphatic rings. The topological polar surface area (TPSA) is 129 Å². The molecule has 0 atom stereocenters. The van der Waals surface area contributed by atoms with Crippen molar-refractivity contribution in [3.63, 3.8) is 0 Å². The average Bonchev–Trinajstić information content (AvgIpc) is 3.36. The molecule has 0 radical (unpaired) electrons. The number of hydrogen-bond acceptors (Lipinski definition) is 10. The van der Waals surface area contributed by atoms with Crippen molar-refractivity contribution < 1.29 is 0 Å². The second-order valence-corrected chi connectivity index (χ2v) is 14.7. The van der Waals surface area contributed by atoms with Gasteiger partial charge in [0.2, 0.25) is 0 Å². The number of pyridine rings is 10. The zero-order valence-electron chi connectivity index (χ0n) is 37.2. The highest BCUT2D eigenvalue weighted by Gasteiger charge is 2.00. The van der Waals surface area contributed by atoms with E-state index in [2.05, 4.69) is 81.0 Å². The quantitative estimate of drug-likeness (QED) is 0.165. The molecular formula is C55H50N10. The zero-order chi connectivity index (χ0) is 45.5. The second-order valence-electron chi connectivity index (χ2n) is 14.7. The van der Waals surface area contributed by atoms with Gasteiger partial charge in [-0.1, -0.05) is 12.1 Å². The maximum Gasteiger partial charge on any atom is 0.0706 e. The summed E-state index contributed by atoms with van der Waals surface area (Å²) in [6.45, 7) is 10.1. The minimum atomic E-state index is 1.00. The fourth-order valence-corrected chi connectivity index (χ4v) is 6.23. The first-order valence-electron chi connectivity index (χ1n) is 21.0. The summed E-state index contributed by atoms with van der Waals surface area (Å²) < 4.78 is 0. The van der Waals surface area contributed by atoms with Gasteiger partial charge >= 0.3 is 0 Å². The lowest BCUT2D eigenvalue weighted by Gasteiger charge is -2.00. The van der Waals surface area contributed by atoms with E-state index < -0.39 is 0 Å². The summed E-state index contributed by atoms with van der Waals surface area (Å²) in [4.78, 5) is 41.1. The Hall–Kier alpha value is -8.50. The van der Waals surface area contributed by atoms with Crippen molar-refractivity contribution in [3.8, 4) is 55.9 Å². The lowest BCUT2D eigenvalue weighted by Crippen LogP contribution is -1.85. The molecule has 0 N–H and O–H groups in total. The fraction of sp³-hybridized carbons (Fsp3) is 0.0909. The van der Waals surface area contributed by atoms with Gasteiger partial charge in [-0.2, -0.15) is 0 Å². The minimum absolute atomic E-state index is 1.00. The van der Waals surface area contributed by atoms with Crippen LogP contribution in [0.5, 0.6) is 0 Å². The molecule has 0 saturated carbocycles. The lowest BCUT2D eigenvalue weighted by atomic mass is 10.1. The predicted molar refractivity (Wildman–Crippen MR) is 261 cm³/mol. The van der Waals surface area contributed by atoms with Crippen LogP contribution in [0.1, 0.15) is 28.2 Å². The Balaban J connectivity index is 0.000000135. The molecule has 0 bridgehead atoms. The molecule has 10 heterocycles. The normalized spacial score (nSPS) is 9.92. The SMILES string of the molecule is Cc1cc(-c2cccnc2)ccn1.Cc1cc(-c2ccncc2)ccn1.Cc1cccc(-c2ccncc2)n1.Cc1ccnc(-c2ccncc2)c1.Cc1cncc(-c2ccncc2)c1. The van der Waals surface area contributed by atoms with Crippen LogP contribution >= 0.6 is 0 Å². The van der Waals surface area contributed by atoms with Crippen molar-refractivity contribution in [2.75, 3.05) is 0 Å². The summed E-state index contributed by atoms with van der Waals surface area (Å²) in [5, 5.41) is 0. The molecule has 320 valence electrons. The van der Waals surface area contributed by atoms with Crippen LogP contribution in [-0.4, -0.2) is 49.8 Å². The largest absolute Gasteiger partial charge is 0.265 e. The van der Waals surface area contributed by atoms with Gasteiger partial charge in [0.1, 0.15) is 0 Å². The number of rotatable bonds is 5. The highest BCUT2D eigenvalue weighted by atomic mass is 14.7. The Morgan fingerprint density at radius 1 is 0.262 bits per heavy atom. The third-order valence-electron chi connectivity index (χ3n) is 9.45. The molecule has 10 nitrogen and oxygen atoms in total. The molecule has 0 aromatic carbocycles. The molecule has 0 fully saturated rings. The van der Waals surface area contributed by atoms with Crippen molar-refractivity contribution in [3.05, 3.63) is 242 Å². The van der Waals surface area contributed by atoms with Crippen LogP contribution in [0.15, 0.2) is 214 Å². The molecule has 0 amide bonds. The predicted octanol–water partition coefficient (Wildman–Crippen LogP) is 12.3. The van der Waals surface area contributed by atoms with Crippen molar-refractivity contribution in [2.24, 2.45) is 0 Å². The summed E-state index contributed by atoms with van der Waals surface area (Å²) in [5.41, 5.74) is 16.7.